The van der Waals surface area contributed by atoms with Crippen molar-refractivity contribution in [2.24, 2.45) is 0 Å². The van der Waals surface area contributed by atoms with Crippen molar-refractivity contribution in [3.05, 3.63) is 59.9 Å². The molecule has 0 atom stereocenters. The first-order chi connectivity index (χ1) is 9.74. The van der Waals surface area contributed by atoms with Crippen LogP contribution in [0, 0.1) is 0 Å². The maximum Gasteiger partial charge on any atom is 0.146 e. The lowest BCUT2D eigenvalue weighted by Gasteiger charge is -2.12. The fourth-order valence-electron chi connectivity index (χ4n) is 2.31. The summed E-state index contributed by atoms with van der Waals surface area (Å²) in [6.45, 7) is 4.80. The highest BCUT2D eigenvalue weighted by atomic mass is 16.5. The molecule has 2 aromatic carbocycles. The Morgan fingerprint density at radius 3 is 2.60 bits per heavy atom. The number of rotatable bonds is 4. The van der Waals surface area contributed by atoms with Crippen LogP contribution in [-0.2, 0) is 6.61 Å². The molecule has 1 N–H and O–H groups in total. The maximum absolute atomic E-state index is 5.92. The number of nitrogens with zero attached hydrogens (tertiary/aromatic N) is 1. The highest BCUT2D eigenvalue weighted by Gasteiger charge is 2.08. The molecule has 0 aliphatic heterocycles. The third-order valence-electron chi connectivity index (χ3n) is 3.34. The van der Waals surface area contributed by atoms with Crippen molar-refractivity contribution >= 4 is 11.0 Å². The van der Waals surface area contributed by atoms with Crippen molar-refractivity contribution in [2.45, 2.75) is 26.4 Å². The lowest BCUT2D eigenvalue weighted by Crippen LogP contribution is -2.01. The summed E-state index contributed by atoms with van der Waals surface area (Å²) >= 11 is 0. The zero-order valence-electron chi connectivity index (χ0n) is 11.8. The Kier molecular flexibility index (Phi) is 3.42. The van der Waals surface area contributed by atoms with Gasteiger partial charge in [0, 0.05) is 0 Å². The molecule has 0 aliphatic rings. The van der Waals surface area contributed by atoms with Crippen LogP contribution < -0.4 is 4.74 Å². The highest BCUT2D eigenvalue weighted by molar-refractivity contribution is 5.74. The van der Waals surface area contributed by atoms with Crippen LogP contribution in [0.15, 0.2) is 48.5 Å². The number of H-pyrrole nitrogens is 1. The number of benzene rings is 2. The Morgan fingerprint density at radius 1 is 1.05 bits per heavy atom. The summed E-state index contributed by atoms with van der Waals surface area (Å²) in [7, 11) is 0. The van der Waals surface area contributed by atoms with E-state index in [0.29, 0.717) is 12.5 Å². The molecule has 3 rings (SSSR count). The van der Waals surface area contributed by atoms with Crippen molar-refractivity contribution in [1.29, 1.82) is 0 Å². The van der Waals surface area contributed by atoms with Crippen LogP contribution in [0.2, 0.25) is 0 Å². The third kappa shape index (κ3) is 2.52. The minimum atomic E-state index is 0.446. The van der Waals surface area contributed by atoms with Crippen LogP contribution in [0.5, 0.6) is 5.75 Å². The Morgan fingerprint density at radius 2 is 1.80 bits per heavy atom. The molecule has 0 fully saturated rings. The van der Waals surface area contributed by atoms with Crippen molar-refractivity contribution in [3.63, 3.8) is 0 Å². The SMILES string of the molecule is CC(C)c1ccccc1OCc1nc2ccccc2[nH]1. The van der Waals surface area contributed by atoms with E-state index in [1.165, 1.54) is 5.56 Å². The largest absolute Gasteiger partial charge is 0.485 e. The second-order valence-corrected chi connectivity index (χ2v) is 5.18. The van der Waals surface area contributed by atoms with Gasteiger partial charge >= 0.3 is 0 Å². The highest BCUT2D eigenvalue weighted by Crippen LogP contribution is 2.26. The summed E-state index contributed by atoms with van der Waals surface area (Å²) in [5.74, 6) is 2.23. The average molecular weight is 266 g/mol. The van der Waals surface area contributed by atoms with E-state index in [1.54, 1.807) is 0 Å². The number of ether oxygens (including phenoxy) is 1. The molecule has 3 heteroatoms. The standard InChI is InChI=1S/C17H18N2O/c1-12(2)13-7-3-6-10-16(13)20-11-17-18-14-8-4-5-9-15(14)19-17/h3-10,12H,11H2,1-2H3,(H,18,19). The van der Waals surface area contributed by atoms with Gasteiger partial charge in [-0.1, -0.05) is 44.2 Å². The van der Waals surface area contributed by atoms with E-state index in [1.807, 2.05) is 42.5 Å². The second kappa shape index (κ2) is 5.37. The summed E-state index contributed by atoms with van der Waals surface area (Å²) in [6, 6.07) is 16.2. The maximum atomic E-state index is 5.92. The van der Waals surface area contributed by atoms with Crippen LogP contribution in [-0.4, -0.2) is 9.97 Å². The van der Waals surface area contributed by atoms with Gasteiger partial charge in [0.15, 0.2) is 0 Å². The van der Waals surface area contributed by atoms with Gasteiger partial charge in [-0.2, -0.15) is 0 Å². The zero-order chi connectivity index (χ0) is 13.9. The molecule has 0 bridgehead atoms. The van der Waals surface area contributed by atoms with Gasteiger partial charge in [-0.05, 0) is 29.7 Å². The first-order valence-electron chi connectivity index (χ1n) is 6.89. The molecule has 0 spiro atoms. The van der Waals surface area contributed by atoms with E-state index in [2.05, 4.69) is 29.9 Å². The Bertz CT molecular complexity index is 683. The zero-order valence-corrected chi connectivity index (χ0v) is 11.8. The number of para-hydroxylation sites is 3. The predicted molar refractivity (Wildman–Crippen MR) is 81.0 cm³/mol. The van der Waals surface area contributed by atoms with E-state index in [-0.39, 0.29) is 0 Å². The van der Waals surface area contributed by atoms with Gasteiger partial charge in [0.05, 0.1) is 11.0 Å². The van der Waals surface area contributed by atoms with E-state index >= 15 is 0 Å². The summed E-state index contributed by atoms with van der Waals surface area (Å²) in [5.41, 5.74) is 3.25. The van der Waals surface area contributed by atoms with Crippen LogP contribution in [0.3, 0.4) is 0 Å². The minimum absolute atomic E-state index is 0.446. The molecular formula is C17H18N2O. The van der Waals surface area contributed by atoms with Gasteiger partial charge in [0.1, 0.15) is 18.2 Å². The van der Waals surface area contributed by atoms with Crippen molar-refractivity contribution in [1.82, 2.24) is 9.97 Å². The quantitative estimate of drug-likeness (QED) is 0.766. The monoisotopic (exact) mass is 266 g/mol. The van der Waals surface area contributed by atoms with Gasteiger partial charge in [-0.15, -0.1) is 0 Å². The van der Waals surface area contributed by atoms with Crippen LogP contribution in [0.25, 0.3) is 11.0 Å². The predicted octanol–water partition coefficient (Wildman–Crippen LogP) is 4.27. The molecule has 0 radical (unpaired) electrons. The number of hydrogen-bond acceptors (Lipinski definition) is 2. The Labute approximate surface area is 118 Å². The fraction of sp³-hybridized carbons (Fsp3) is 0.235. The molecule has 0 amide bonds. The molecule has 3 aromatic rings. The summed E-state index contributed by atoms with van der Waals surface area (Å²) < 4.78 is 5.92. The second-order valence-electron chi connectivity index (χ2n) is 5.18. The van der Waals surface area contributed by atoms with Gasteiger partial charge < -0.3 is 9.72 Å². The number of fused-ring (bicyclic) bond motifs is 1. The van der Waals surface area contributed by atoms with Gasteiger partial charge in [-0.3, -0.25) is 0 Å². The number of aromatic amines is 1. The molecule has 0 saturated carbocycles. The molecular weight excluding hydrogens is 248 g/mol. The lowest BCUT2D eigenvalue weighted by atomic mass is 10.0. The topological polar surface area (TPSA) is 37.9 Å². The van der Waals surface area contributed by atoms with E-state index in [4.69, 9.17) is 4.74 Å². The summed E-state index contributed by atoms with van der Waals surface area (Å²) in [5, 5.41) is 0. The van der Waals surface area contributed by atoms with E-state index in [9.17, 15) is 0 Å². The fourth-order valence-corrected chi connectivity index (χ4v) is 2.31. The van der Waals surface area contributed by atoms with Crippen LogP contribution in [0.4, 0.5) is 0 Å². The van der Waals surface area contributed by atoms with E-state index < -0.39 is 0 Å². The Balaban J connectivity index is 1.79. The molecule has 3 nitrogen and oxygen atoms in total. The normalized spacial score (nSPS) is 11.2. The van der Waals surface area contributed by atoms with Gasteiger partial charge in [0.25, 0.3) is 0 Å². The molecule has 0 unspecified atom stereocenters. The summed E-state index contributed by atoms with van der Waals surface area (Å²) in [6.07, 6.45) is 0. The van der Waals surface area contributed by atoms with Crippen LogP contribution in [0.1, 0.15) is 31.2 Å². The molecule has 0 aliphatic carbocycles. The number of imidazole rings is 1. The molecule has 1 heterocycles. The van der Waals surface area contributed by atoms with Crippen molar-refractivity contribution in [3.8, 4) is 5.75 Å². The molecule has 1 aromatic heterocycles. The van der Waals surface area contributed by atoms with Crippen molar-refractivity contribution < 1.29 is 4.74 Å². The van der Waals surface area contributed by atoms with Crippen molar-refractivity contribution in [2.75, 3.05) is 0 Å². The average Bonchev–Trinajstić information content (AvgIpc) is 2.88. The number of nitrogens with one attached hydrogen (secondary N) is 1. The molecule has 0 saturated heterocycles. The van der Waals surface area contributed by atoms with Crippen LogP contribution >= 0.6 is 0 Å². The third-order valence-corrected chi connectivity index (χ3v) is 3.34. The Hall–Kier alpha value is -2.29. The number of aromatic nitrogens is 2. The lowest BCUT2D eigenvalue weighted by molar-refractivity contribution is 0.293. The summed E-state index contributed by atoms with van der Waals surface area (Å²) in [4.78, 5) is 7.80. The molecule has 102 valence electrons. The first kappa shape index (κ1) is 12.7. The number of hydrogen-bond donors (Lipinski definition) is 1. The minimum Gasteiger partial charge on any atom is -0.485 e. The first-order valence-corrected chi connectivity index (χ1v) is 6.89. The molecule has 20 heavy (non-hydrogen) atoms. The van der Waals surface area contributed by atoms with E-state index in [0.717, 1.165) is 22.6 Å². The van der Waals surface area contributed by atoms with Gasteiger partial charge in [-0.25, -0.2) is 4.98 Å². The van der Waals surface area contributed by atoms with Gasteiger partial charge in [0.2, 0.25) is 0 Å². The smallest absolute Gasteiger partial charge is 0.146 e.